The highest BCUT2D eigenvalue weighted by molar-refractivity contribution is 7.85. The topological polar surface area (TPSA) is 336 Å². The van der Waals surface area contributed by atoms with E-state index in [9.17, 15) is 23.1 Å². The molecule has 12 heterocycles. The van der Waals surface area contributed by atoms with Gasteiger partial charge in [0, 0.05) is 178 Å². The average molecular weight is 1890 g/mol. The van der Waals surface area contributed by atoms with Crippen LogP contribution in [0, 0.1) is 66.0 Å². The second-order valence-electron chi connectivity index (χ2n) is 39.5. The highest BCUT2D eigenvalue weighted by atomic mass is 32.2. The van der Waals surface area contributed by atoms with Crippen LogP contribution in [0.2, 0.25) is 0 Å². The summed E-state index contributed by atoms with van der Waals surface area (Å²) in [5.41, 5.74) is 21.1. The number of fused-ring (bicyclic) bond motifs is 16. The Balaban J connectivity index is 0.000000110. The van der Waals surface area contributed by atoms with Crippen LogP contribution in [-0.4, -0.2) is 95.2 Å². The normalized spacial score (nSPS) is 23.1. The monoisotopic (exact) mass is 1890 g/mol. The summed E-state index contributed by atoms with van der Waals surface area (Å²) in [6.45, 7) is 21.2. The number of benzene rings is 4. The van der Waals surface area contributed by atoms with Gasteiger partial charge in [-0.2, -0.15) is 13.1 Å². The van der Waals surface area contributed by atoms with Gasteiger partial charge in [0.15, 0.2) is 35.2 Å². The van der Waals surface area contributed by atoms with E-state index in [0.29, 0.717) is 115 Å². The Kier molecular flexibility index (Phi) is 23.5. The van der Waals surface area contributed by atoms with E-state index in [-0.39, 0.29) is 87.7 Å². The molecule has 0 amide bonds. The summed E-state index contributed by atoms with van der Waals surface area (Å²) >= 11 is 0. The minimum Gasteiger partial charge on any atom is -0.619 e. The molecule has 0 aliphatic heterocycles. The fourth-order valence-corrected chi connectivity index (χ4v) is 24.8. The van der Waals surface area contributed by atoms with Crippen LogP contribution in [-0.2, 0) is 101 Å². The second kappa shape index (κ2) is 35.8. The number of hydrogen-bond donors (Lipinski definition) is 1. The molecule has 4 aromatic carbocycles. The lowest BCUT2D eigenvalue weighted by Crippen LogP contribution is -2.45. The van der Waals surface area contributed by atoms with Crippen molar-refractivity contribution >= 4 is 10.1 Å². The van der Waals surface area contributed by atoms with Crippen molar-refractivity contribution in [3.63, 3.8) is 0 Å². The lowest BCUT2D eigenvalue weighted by atomic mass is 9.56. The number of nitrogens with zero attached hydrogens (tertiary/aromatic N) is 16. The zero-order valence-electron chi connectivity index (χ0n) is 78.8. The third-order valence-corrected chi connectivity index (χ3v) is 31.6. The Bertz CT molecular complexity index is 7640. The summed E-state index contributed by atoms with van der Waals surface area (Å²) in [6.07, 6.45) is 24.6. The lowest BCUT2D eigenvalue weighted by Gasteiger charge is -2.47. The third kappa shape index (κ3) is 16.3. The molecule has 30 heteroatoms. The van der Waals surface area contributed by atoms with Crippen LogP contribution in [0.3, 0.4) is 0 Å². The maximum atomic E-state index is 15.1. The fraction of sp³-hybridized carbons (Fsp3) is 0.339. The van der Waals surface area contributed by atoms with Gasteiger partial charge in [0.25, 0.3) is 10.1 Å². The van der Waals surface area contributed by atoms with Gasteiger partial charge in [0.2, 0.25) is 0 Å². The molecule has 0 saturated carbocycles. The van der Waals surface area contributed by atoms with Gasteiger partial charge in [-0.3, -0.25) is 19.1 Å². The number of aliphatic hydroxyl groups is 1. The van der Waals surface area contributed by atoms with Crippen molar-refractivity contribution in [3.05, 3.63) is 337 Å². The van der Waals surface area contributed by atoms with E-state index >= 15 is 13.2 Å². The number of hydrogen-bond acceptors (Lipinski definition) is 24. The minimum atomic E-state index is -3.63. The fourth-order valence-electron chi connectivity index (χ4n) is 24.5. The molecule has 706 valence electrons. The van der Waals surface area contributed by atoms with E-state index in [1.165, 1.54) is 30.5 Å². The molecule has 12 aromatic heterocycles. The largest absolute Gasteiger partial charge is 0.619 e. The van der Waals surface area contributed by atoms with Gasteiger partial charge in [-0.25, -0.2) is 57.4 Å². The van der Waals surface area contributed by atoms with Crippen molar-refractivity contribution in [3.8, 4) is 90.6 Å². The van der Waals surface area contributed by atoms with E-state index < -0.39 is 10.1 Å². The molecular formula is C109H102F4N16O9S. The van der Waals surface area contributed by atoms with Gasteiger partial charge in [0.05, 0.1) is 94.6 Å². The molecule has 24 rings (SSSR count). The molecule has 1 N–H and O–H groups in total. The van der Waals surface area contributed by atoms with Crippen LogP contribution in [0.4, 0.5) is 17.6 Å². The molecule has 0 fully saturated rings. The quantitative estimate of drug-likeness (QED) is 0.0514. The zero-order chi connectivity index (χ0) is 96.5. The molecule has 0 saturated heterocycles. The molecular weight excluding hydrogens is 1790 g/mol. The molecule has 16 aromatic rings. The van der Waals surface area contributed by atoms with E-state index in [4.69, 9.17) is 62.1 Å². The number of aromatic nitrogens is 16. The standard InChI is InChI=1S/C28H27FN4O4S.2C27H25FN4O2.C27H25FN4O/c1-16-22-9-8-21-24(20-6-4-5-7-23(20)29)32-27(17-10-11-30-19(12-17)15-36-38(3,34)35)33-26(21)28(22,2)13-18-14-31-37-25(16)18;1-15-12-17(10-11-32(15)33)26-30-23(19-6-4-5-7-22(19)28)20-8-9-21-16(2)24-18(14-29-34-24)13-27(21,3)25(20)31-26;1-15-21-8-7-20-23(19-5-3-4-6-22(19)28)31-26(16-9-10-29-18(11-16)14-33)32-25(20)27(21,2)12-17-13-30-34-24(15)17;1-15-12-17(10-11-29-15)26-31-23(19-6-4-5-7-22(19)28)20-8-9-21-16(2)24-18(14-30-33-24)13-27(21,3)25(20)32-26/h4-7,10-12,14,16,22H,8-9,13,15H2,1-3H3;4-7,10-12,14,16,21H,8-9,13H2,1-3H3;3-6,9-11,13,15,21,33H,7-8,12,14H2,1-2H3;4-7,10-12,14,16,21H,8-9,13H2,1-3H3/t16-,22-,28-;16-,21-,27-;15-,21-,27-;16-,21-,27-/m1111/s1. The van der Waals surface area contributed by atoms with Gasteiger partial charge >= 0.3 is 0 Å². The van der Waals surface area contributed by atoms with Gasteiger partial charge in [0.1, 0.15) is 52.9 Å². The van der Waals surface area contributed by atoms with Crippen LogP contribution < -0.4 is 4.73 Å². The summed E-state index contributed by atoms with van der Waals surface area (Å²) < 4.78 is 111. The predicted octanol–water partition coefficient (Wildman–Crippen LogP) is 20.9. The molecule has 0 spiro atoms. The van der Waals surface area contributed by atoms with Crippen molar-refractivity contribution in [1.82, 2.24) is 75.5 Å². The maximum absolute atomic E-state index is 15.1. The van der Waals surface area contributed by atoms with E-state index in [1.54, 1.807) is 111 Å². The number of pyridine rings is 4. The molecule has 25 nitrogen and oxygen atoms in total. The Morgan fingerprint density at radius 3 is 1.01 bits per heavy atom. The lowest BCUT2D eigenvalue weighted by molar-refractivity contribution is -0.612. The number of aryl methyl sites for hydroxylation is 2. The van der Waals surface area contributed by atoms with Gasteiger partial charge in [-0.15, -0.1) is 0 Å². The second-order valence-corrected chi connectivity index (χ2v) is 41.2. The Labute approximate surface area is 801 Å². The van der Waals surface area contributed by atoms with Crippen LogP contribution in [0.5, 0.6) is 0 Å². The molecule has 0 bridgehead atoms. The van der Waals surface area contributed by atoms with Crippen LogP contribution in [0.25, 0.3) is 90.6 Å². The zero-order valence-corrected chi connectivity index (χ0v) is 79.6. The summed E-state index contributed by atoms with van der Waals surface area (Å²) in [5, 5.41) is 37.8. The Hall–Kier alpha value is -14.0. The first-order valence-electron chi connectivity index (χ1n) is 47.3. The Morgan fingerprint density at radius 2 is 0.705 bits per heavy atom. The third-order valence-electron chi connectivity index (χ3n) is 31.1. The van der Waals surface area contributed by atoms with E-state index in [1.807, 2.05) is 68.0 Å². The van der Waals surface area contributed by atoms with Gasteiger partial charge < -0.3 is 28.4 Å². The van der Waals surface area contributed by atoms with E-state index in [2.05, 4.69) is 91.0 Å². The van der Waals surface area contributed by atoms with Crippen molar-refractivity contribution in [1.29, 1.82) is 0 Å². The smallest absolute Gasteiger partial charge is 0.264 e. The molecule has 139 heavy (non-hydrogen) atoms. The van der Waals surface area contributed by atoms with Crippen LogP contribution in [0.1, 0.15) is 218 Å². The number of halogens is 4. The summed E-state index contributed by atoms with van der Waals surface area (Å²) in [6, 6.07) is 41.6. The van der Waals surface area contributed by atoms with Crippen molar-refractivity contribution in [2.24, 2.45) is 23.7 Å². The van der Waals surface area contributed by atoms with Crippen molar-refractivity contribution in [2.75, 3.05) is 6.26 Å². The predicted molar refractivity (Wildman–Crippen MR) is 510 cm³/mol. The molecule has 0 unspecified atom stereocenters. The highest BCUT2D eigenvalue weighted by Crippen LogP contribution is 2.60. The highest BCUT2D eigenvalue weighted by Gasteiger charge is 2.56. The molecule has 12 atom stereocenters. The maximum Gasteiger partial charge on any atom is 0.264 e. The SMILES string of the molecule is C[C@H]1c2oncc2C[C@@]2(C)c3nc(-c4ccnc(CO)c4)nc(-c4ccccc4F)c3CC[C@H]12.C[C@H]1c2oncc2C[C@@]2(C)c3nc(-c4ccnc(COS(C)(=O)=O)c4)nc(-c4ccccc4F)c3CC[C@H]12.Cc1cc(-c2nc(-c3ccccc3F)c3c(n2)[C@]2(C)Cc4cnoc4[C@H](C)[C@H]2CC3)cc[n+]1[O-].Cc1cc(-c2nc(-c3ccccc3F)c3c(n2)[C@]2(C)Cc4cnoc4[C@H](C)[C@H]2CC3)ccn1. The first-order chi connectivity index (χ1) is 66.9. The van der Waals surface area contributed by atoms with Crippen molar-refractivity contribution in [2.45, 2.75) is 205 Å². The first-order valence-corrected chi connectivity index (χ1v) is 49.1. The molecule has 0 radical (unpaired) electrons. The van der Waals surface area contributed by atoms with Crippen LogP contribution >= 0.6 is 0 Å². The van der Waals surface area contributed by atoms with Gasteiger partial charge in [-0.05, 0) is 193 Å². The molecule has 8 aliphatic carbocycles. The molecule has 8 aliphatic rings. The van der Waals surface area contributed by atoms with Crippen molar-refractivity contribution < 1.29 is 58.1 Å². The summed E-state index contributed by atoms with van der Waals surface area (Å²) in [7, 11) is -3.63. The Morgan fingerprint density at radius 1 is 0.410 bits per heavy atom. The summed E-state index contributed by atoms with van der Waals surface area (Å²) in [4.78, 5) is 52.9. The first kappa shape index (κ1) is 91.4. The van der Waals surface area contributed by atoms with Crippen LogP contribution in [0.15, 0.2) is 213 Å². The number of rotatable bonds is 12. The number of aliphatic hydroxyl groups excluding tert-OH is 1. The van der Waals surface area contributed by atoms with E-state index in [0.717, 1.165) is 194 Å². The average Bonchev–Trinajstić information content (AvgIpc) is 1.70. The van der Waals surface area contributed by atoms with Gasteiger partial charge in [-0.1, -0.05) is 125 Å². The minimum absolute atomic E-state index is 0.162. The summed E-state index contributed by atoms with van der Waals surface area (Å²) in [5.74, 6) is 6.80.